The van der Waals surface area contributed by atoms with Crippen LogP contribution in [0, 0.1) is 5.92 Å². The van der Waals surface area contributed by atoms with Gasteiger partial charge in [0.25, 0.3) is 5.91 Å². The van der Waals surface area contributed by atoms with Crippen LogP contribution in [0.25, 0.3) is 0 Å². The third kappa shape index (κ3) is 5.65. The monoisotopic (exact) mass is 389 g/mol. The van der Waals surface area contributed by atoms with Gasteiger partial charge in [0.15, 0.2) is 0 Å². The summed E-state index contributed by atoms with van der Waals surface area (Å²) in [4.78, 5) is 12.1. The van der Waals surface area contributed by atoms with Crippen LogP contribution >= 0.6 is 31.9 Å². The van der Waals surface area contributed by atoms with Gasteiger partial charge in [-0.25, -0.2) is 0 Å². The van der Waals surface area contributed by atoms with E-state index < -0.39 is 0 Å². The summed E-state index contributed by atoms with van der Waals surface area (Å²) in [6, 6.07) is 5.64. The van der Waals surface area contributed by atoms with Crippen LogP contribution in [0.2, 0.25) is 0 Å². The zero-order valence-corrected chi connectivity index (χ0v) is 14.7. The van der Waals surface area contributed by atoms with Crippen molar-refractivity contribution in [3.63, 3.8) is 0 Å². The van der Waals surface area contributed by atoms with E-state index >= 15 is 0 Å². The molecule has 1 aromatic carbocycles. The number of hydrogen-bond donors (Lipinski definition) is 1. The van der Waals surface area contributed by atoms with Crippen LogP contribution in [0.5, 0.6) is 0 Å². The quantitative estimate of drug-likeness (QED) is 0.684. The zero-order chi connectivity index (χ0) is 14.3. The van der Waals surface area contributed by atoms with E-state index in [4.69, 9.17) is 0 Å². The smallest absolute Gasteiger partial charge is 0.252 e. The van der Waals surface area contributed by atoms with E-state index in [1.54, 1.807) is 0 Å². The molecule has 2 nitrogen and oxygen atoms in total. The first-order valence-electron chi connectivity index (χ1n) is 6.81. The van der Waals surface area contributed by atoms with E-state index in [1.807, 2.05) is 18.2 Å². The Balaban J connectivity index is 2.56. The maximum absolute atomic E-state index is 12.1. The molecule has 0 aliphatic rings. The SMILES string of the molecule is CCCC[C@H](CC)CNC(=O)c1cc(Br)ccc1Br. The molecular weight excluding hydrogens is 370 g/mol. The minimum atomic E-state index is -0.0110. The molecule has 0 aliphatic heterocycles. The van der Waals surface area contributed by atoms with Gasteiger partial charge in [-0.3, -0.25) is 4.79 Å². The second-order valence-corrected chi connectivity index (χ2v) is 6.52. The maximum atomic E-state index is 12.1. The summed E-state index contributed by atoms with van der Waals surface area (Å²) in [5.74, 6) is 0.568. The van der Waals surface area contributed by atoms with E-state index in [1.165, 1.54) is 19.3 Å². The molecule has 1 atom stereocenters. The average molecular weight is 391 g/mol. The van der Waals surface area contributed by atoms with Crippen molar-refractivity contribution in [2.45, 2.75) is 39.5 Å². The van der Waals surface area contributed by atoms with E-state index in [9.17, 15) is 4.79 Å². The first-order chi connectivity index (χ1) is 9.08. The Kier molecular flexibility index (Phi) is 7.69. The summed E-state index contributed by atoms with van der Waals surface area (Å²) < 4.78 is 1.74. The average Bonchev–Trinajstić information content (AvgIpc) is 2.41. The van der Waals surface area contributed by atoms with Crippen LogP contribution in [-0.2, 0) is 0 Å². The van der Waals surface area contributed by atoms with Crippen molar-refractivity contribution >= 4 is 37.8 Å². The number of benzene rings is 1. The molecule has 0 saturated carbocycles. The van der Waals surface area contributed by atoms with Crippen LogP contribution in [-0.4, -0.2) is 12.5 Å². The molecule has 0 fully saturated rings. The first-order valence-corrected chi connectivity index (χ1v) is 8.40. The van der Waals surface area contributed by atoms with E-state index in [2.05, 4.69) is 51.0 Å². The lowest BCUT2D eigenvalue weighted by Crippen LogP contribution is -2.29. The second kappa shape index (κ2) is 8.75. The Morgan fingerprint density at radius 3 is 2.68 bits per heavy atom. The van der Waals surface area contributed by atoms with Gasteiger partial charge in [0, 0.05) is 15.5 Å². The highest BCUT2D eigenvalue weighted by molar-refractivity contribution is 9.11. The lowest BCUT2D eigenvalue weighted by Gasteiger charge is -2.15. The van der Waals surface area contributed by atoms with Crippen molar-refractivity contribution in [2.75, 3.05) is 6.54 Å². The Morgan fingerprint density at radius 1 is 1.32 bits per heavy atom. The van der Waals surface area contributed by atoms with E-state index in [0.29, 0.717) is 11.5 Å². The lowest BCUT2D eigenvalue weighted by molar-refractivity contribution is 0.0945. The highest BCUT2D eigenvalue weighted by atomic mass is 79.9. The molecule has 0 aliphatic carbocycles. The van der Waals surface area contributed by atoms with Crippen molar-refractivity contribution in [1.29, 1.82) is 0 Å². The maximum Gasteiger partial charge on any atom is 0.252 e. The summed E-state index contributed by atoms with van der Waals surface area (Å²) in [5, 5.41) is 3.04. The highest BCUT2D eigenvalue weighted by Gasteiger charge is 2.12. The third-order valence-corrected chi connectivity index (χ3v) is 4.45. The van der Waals surface area contributed by atoms with Crippen LogP contribution in [0.1, 0.15) is 49.9 Å². The summed E-state index contributed by atoms with van der Waals surface area (Å²) in [7, 11) is 0. The van der Waals surface area contributed by atoms with Crippen molar-refractivity contribution in [3.8, 4) is 0 Å². The van der Waals surface area contributed by atoms with Crippen LogP contribution < -0.4 is 5.32 Å². The second-order valence-electron chi connectivity index (χ2n) is 4.75. The molecule has 1 rings (SSSR count). The van der Waals surface area contributed by atoms with Crippen molar-refractivity contribution in [3.05, 3.63) is 32.7 Å². The molecule has 0 bridgehead atoms. The van der Waals surface area contributed by atoms with Gasteiger partial charge in [0.1, 0.15) is 0 Å². The van der Waals surface area contributed by atoms with Gasteiger partial charge >= 0.3 is 0 Å². The van der Waals surface area contributed by atoms with Gasteiger partial charge in [-0.1, -0.05) is 49.0 Å². The number of rotatable bonds is 7. The molecular formula is C15H21Br2NO. The van der Waals surface area contributed by atoms with Gasteiger partial charge in [0.2, 0.25) is 0 Å². The Morgan fingerprint density at radius 2 is 2.05 bits per heavy atom. The van der Waals surface area contributed by atoms with Crippen LogP contribution in [0.15, 0.2) is 27.1 Å². The van der Waals surface area contributed by atoms with Crippen molar-refractivity contribution in [2.24, 2.45) is 5.92 Å². The summed E-state index contributed by atoms with van der Waals surface area (Å²) >= 11 is 6.81. The summed E-state index contributed by atoms with van der Waals surface area (Å²) in [6.45, 7) is 5.14. The molecule has 1 N–H and O–H groups in total. The summed E-state index contributed by atoms with van der Waals surface area (Å²) in [5.41, 5.74) is 0.680. The minimum Gasteiger partial charge on any atom is -0.352 e. The Labute approximate surface area is 132 Å². The van der Waals surface area contributed by atoms with Gasteiger partial charge in [-0.15, -0.1) is 0 Å². The Bertz CT molecular complexity index is 421. The molecule has 0 heterocycles. The van der Waals surface area contributed by atoms with Crippen LogP contribution in [0.3, 0.4) is 0 Å². The number of hydrogen-bond acceptors (Lipinski definition) is 1. The van der Waals surface area contributed by atoms with Gasteiger partial charge in [-0.05, 0) is 46.5 Å². The number of amides is 1. The molecule has 19 heavy (non-hydrogen) atoms. The number of nitrogens with one attached hydrogen (secondary N) is 1. The van der Waals surface area contributed by atoms with Crippen molar-refractivity contribution in [1.82, 2.24) is 5.32 Å². The molecule has 106 valence electrons. The predicted octanol–water partition coefficient (Wildman–Crippen LogP) is 5.16. The predicted molar refractivity (Wildman–Crippen MR) is 87.5 cm³/mol. The largest absolute Gasteiger partial charge is 0.352 e. The van der Waals surface area contributed by atoms with Crippen LogP contribution in [0.4, 0.5) is 0 Å². The molecule has 1 aromatic rings. The minimum absolute atomic E-state index is 0.0110. The standard InChI is InChI=1S/C15H21Br2NO/c1-3-5-6-11(4-2)10-18-15(19)13-9-12(16)7-8-14(13)17/h7-9,11H,3-6,10H2,1-2H3,(H,18,19)/t11-/m0/s1. The number of unbranched alkanes of at least 4 members (excludes halogenated alkanes) is 1. The molecule has 1 amide bonds. The van der Waals surface area contributed by atoms with Crippen molar-refractivity contribution < 1.29 is 4.79 Å². The van der Waals surface area contributed by atoms with Gasteiger partial charge in [-0.2, -0.15) is 0 Å². The third-order valence-electron chi connectivity index (χ3n) is 3.27. The molecule has 0 aromatic heterocycles. The Hall–Kier alpha value is -0.350. The van der Waals surface area contributed by atoms with Gasteiger partial charge < -0.3 is 5.32 Å². The van der Waals surface area contributed by atoms with Gasteiger partial charge in [0.05, 0.1) is 5.56 Å². The summed E-state index contributed by atoms with van der Waals surface area (Å²) in [6.07, 6.45) is 4.74. The fraction of sp³-hybridized carbons (Fsp3) is 0.533. The topological polar surface area (TPSA) is 29.1 Å². The molecule has 0 saturated heterocycles. The molecule has 0 unspecified atom stereocenters. The molecule has 0 spiro atoms. The molecule has 4 heteroatoms. The fourth-order valence-electron chi connectivity index (χ4n) is 1.95. The van der Waals surface area contributed by atoms with E-state index in [-0.39, 0.29) is 5.91 Å². The zero-order valence-electron chi connectivity index (χ0n) is 11.5. The lowest BCUT2D eigenvalue weighted by atomic mass is 9.99. The number of carbonyl (C=O) groups is 1. The number of carbonyl (C=O) groups excluding carboxylic acids is 1. The fourth-order valence-corrected chi connectivity index (χ4v) is 2.73. The van der Waals surface area contributed by atoms with E-state index in [0.717, 1.165) is 21.9 Å². The normalized spacial score (nSPS) is 12.2. The number of halogens is 2. The first kappa shape index (κ1) is 16.7. The highest BCUT2D eigenvalue weighted by Crippen LogP contribution is 2.21. The molecule has 0 radical (unpaired) electrons.